The Bertz CT molecular complexity index is 2230. The van der Waals surface area contributed by atoms with Gasteiger partial charge in [0.2, 0.25) is 0 Å². The Labute approximate surface area is 397 Å². The van der Waals surface area contributed by atoms with E-state index in [2.05, 4.69) is 30.9 Å². The molecule has 5 rings (SSSR count). The molecule has 6 atom stereocenters. The van der Waals surface area contributed by atoms with Crippen molar-refractivity contribution in [1.82, 2.24) is 35.1 Å². The van der Waals surface area contributed by atoms with Gasteiger partial charge in [0.25, 0.3) is 0 Å². The van der Waals surface area contributed by atoms with Gasteiger partial charge in [-0.25, -0.2) is 38.9 Å². The van der Waals surface area contributed by atoms with Gasteiger partial charge in [-0.1, -0.05) is 30.3 Å². The Hall–Kier alpha value is -5.64. The molecule has 3 amide bonds. The number of nitrogens with zero attached hydrogens (tertiary/aromatic N) is 5. The molecular formula is C47H70N8O13. The number of hydrogen-bond donors (Lipinski definition) is 3. The van der Waals surface area contributed by atoms with Crippen molar-refractivity contribution in [2.24, 2.45) is 0 Å². The molecule has 0 aliphatic carbocycles. The molecule has 2 saturated heterocycles. The summed E-state index contributed by atoms with van der Waals surface area (Å²) >= 11 is 0. The Morgan fingerprint density at radius 3 is 1.79 bits per heavy atom. The molecular weight excluding hydrogens is 885 g/mol. The second kappa shape index (κ2) is 21.3. The van der Waals surface area contributed by atoms with Gasteiger partial charge in [0.1, 0.15) is 65.7 Å². The first kappa shape index (κ1) is 53.3. The lowest BCUT2D eigenvalue weighted by atomic mass is 10.1. The second-order valence-corrected chi connectivity index (χ2v) is 21.2. The number of fused-ring (bicyclic) bond motifs is 2. The van der Waals surface area contributed by atoms with Crippen molar-refractivity contribution >= 4 is 47.2 Å². The summed E-state index contributed by atoms with van der Waals surface area (Å²) in [7, 11) is 0. The molecule has 21 heteroatoms. The SMILES string of the molecule is CC(C)(C)OC(=O)Nc1ncnc2c1ncn2[C@@H]1O[C@H](CN(CC[C@H](NC(=O)OC(C)(C)C)C(=O)OCc2ccccc2)CC[C@H](NC(=O)OC(C)(C)C)C(=O)OC(C)(C)C)[C@H]2OC(C)(C)O[C@H]21. The quantitative estimate of drug-likeness (QED) is 0.102. The molecule has 0 radical (unpaired) electrons. The van der Waals surface area contributed by atoms with E-state index in [-0.39, 0.29) is 50.4 Å². The largest absolute Gasteiger partial charge is 0.459 e. The third-order valence-electron chi connectivity index (χ3n) is 9.87. The third-order valence-corrected chi connectivity index (χ3v) is 9.87. The van der Waals surface area contributed by atoms with Gasteiger partial charge < -0.3 is 53.4 Å². The van der Waals surface area contributed by atoms with Crippen molar-refractivity contribution in [2.75, 3.05) is 25.0 Å². The van der Waals surface area contributed by atoms with Crippen LogP contribution in [0.4, 0.5) is 20.2 Å². The van der Waals surface area contributed by atoms with Crippen molar-refractivity contribution in [1.29, 1.82) is 0 Å². The van der Waals surface area contributed by atoms with Crippen molar-refractivity contribution in [2.45, 2.75) is 181 Å². The lowest BCUT2D eigenvalue weighted by Crippen LogP contribution is -2.49. The molecule has 1 aromatic carbocycles. The normalized spacial score (nSPS) is 20.2. The fraction of sp³-hybridized carbons (Fsp3) is 0.660. The summed E-state index contributed by atoms with van der Waals surface area (Å²) in [5.74, 6) is -2.29. The average Bonchev–Trinajstić information content (AvgIpc) is 3.85. The van der Waals surface area contributed by atoms with Gasteiger partial charge in [0.05, 0.1) is 6.33 Å². The Balaban J connectivity index is 1.46. The molecule has 2 fully saturated rings. The first-order chi connectivity index (χ1) is 31.4. The zero-order valence-electron chi connectivity index (χ0n) is 41.8. The smallest absolute Gasteiger partial charge is 0.413 e. The van der Waals surface area contributed by atoms with E-state index in [9.17, 15) is 24.0 Å². The van der Waals surface area contributed by atoms with Crippen molar-refractivity contribution in [3.05, 3.63) is 48.5 Å². The Morgan fingerprint density at radius 1 is 0.706 bits per heavy atom. The van der Waals surface area contributed by atoms with E-state index in [0.717, 1.165) is 5.56 Å². The van der Waals surface area contributed by atoms with Crippen LogP contribution < -0.4 is 16.0 Å². The van der Waals surface area contributed by atoms with E-state index in [0.29, 0.717) is 5.65 Å². The van der Waals surface area contributed by atoms with E-state index in [1.54, 1.807) is 101 Å². The number of hydrogen-bond acceptors (Lipinski definition) is 17. The number of aromatic nitrogens is 4. The summed E-state index contributed by atoms with van der Waals surface area (Å²) < 4.78 is 49.3. The fourth-order valence-corrected chi connectivity index (χ4v) is 7.33. The summed E-state index contributed by atoms with van der Waals surface area (Å²) in [5.41, 5.74) is -2.00. The van der Waals surface area contributed by atoms with Gasteiger partial charge in [0.15, 0.2) is 29.0 Å². The van der Waals surface area contributed by atoms with Crippen LogP contribution in [0.3, 0.4) is 0 Å². The molecule has 3 N–H and O–H groups in total. The molecule has 4 heterocycles. The Morgan fingerprint density at radius 2 is 1.24 bits per heavy atom. The van der Waals surface area contributed by atoms with Crippen molar-refractivity contribution in [3.63, 3.8) is 0 Å². The maximum absolute atomic E-state index is 13.8. The van der Waals surface area contributed by atoms with Crippen LogP contribution in [-0.2, 0) is 54.1 Å². The highest BCUT2D eigenvalue weighted by Gasteiger charge is 2.56. The summed E-state index contributed by atoms with van der Waals surface area (Å²) in [4.78, 5) is 81.7. The number of carbonyl (C=O) groups excluding carboxylic acids is 5. The van der Waals surface area contributed by atoms with E-state index in [4.69, 9.17) is 37.9 Å². The fourth-order valence-electron chi connectivity index (χ4n) is 7.33. The summed E-state index contributed by atoms with van der Waals surface area (Å²) in [6, 6.07) is 6.79. The number of carbonyl (C=O) groups is 5. The van der Waals surface area contributed by atoms with Crippen LogP contribution in [-0.4, -0.2) is 133 Å². The molecule has 21 nitrogen and oxygen atoms in total. The number of benzene rings is 1. The standard InChI is InChI=1S/C47H70N8O13/c1-43(2,3)65-39(57)30(52-41(59)67-45(7,8)9)21-23-54(22-20-29(51-40(58)66-44(4,5)6)38(56)61-25-28-18-16-15-17-19-28)24-31-33-34(64-47(13,14)63-33)37(62-31)55-27-50-32-35(48-26-49-36(32)55)53-42(60)68-46(10,11)12/h15-19,26-27,29-31,33-34,37H,20-25H2,1-14H3,(H,51,58)(H,52,59)(H,48,49,53,60)/t29-,30-,31+,33+,34+,37+/m0/s1. The first-order valence-corrected chi connectivity index (χ1v) is 22.8. The van der Waals surface area contributed by atoms with Crippen LogP contribution in [0.5, 0.6) is 0 Å². The van der Waals surface area contributed by atoms with Gasteiger partial charge in [0, 0.05) is 19.6 Å². The van der Waals surface area contributed by atoms with Crippen molar-refractivity contribution < 1.29 is 61.9 Å². The molecule has 0 spiro atoms. The van der Waals surface area contributed by atoms with Crippen LogP contribution in [0, 0.1) is 0 Å². The molecule has 0 saturated carbocycles. The number of alkyl carbamates (subject to hydrolysis) is 2. The van der Waals surface area contributed by atoms with Crippen LogP contribution in [0.2, 0.25) is 0 Å². The summed E-state index contributed by atoms with van der Waals surface area (Å²) in [5, 5.41) is 8.02. The monoisotopic (exact) mass is 955 g/mol. The van der Waals surface area contributed by atoms with E-state index in [1.807, 2.05) is 35.2 Å². The van der Waals surface area contributed by atoms with Crippen LogP contribution >= 0.6 is 0 Å². The Kier molecular flexibility index (Phi) is 16.7. The highest BCUT2D eigenvalue weighted by Crippen LogP contribution is 2.44. The van der Waals surface area contributed by atoms with E-state index in [1.165, 1.54) is 12.7 Å². The number of anilines is 1. The third kappa shape index (κ3) is 16.3. The molecule has 3 aromatic rings. The maximum Gasteiger partial charge on any atom is 0.413 e. The molecule has 0 unspecified atom stereocenters. The van der Waals surface area contributed by atoms with Gasteiger partial charge in [-0.05, 0) is 115 Å². The minimum absolute atomic E-state index is 0.0209. The lowest BCUT2D eigenvalue weighted by molar-refractivity contribution is -0.198. The zero-order valence-corrected chi connectivity index (χ0v) is 41.8. The van der Waals surface area contributed by atoms with E-state index < -0.39 is 95.0 Å². The number of amides is 3. The van der Waals surface area contributed by atoms with Gasteiger partial charge in [-0.15, -0.1) is 0 Å². The highest BCUT2D eigenvalue weighted by molar-refractivity contribution is 5.93. The van der Waals surface area contributed by atoms with Gasteiger partial charge in [-0.3, -0.25) is 9.88 Å². The number of esters is 2. The number of ether oxygens (including phenoxy) is 8. The lowest BCUT2D eigenvalue weighted by Gasteiger charge is -2.31. The van der Waals surface area contributed by atoms with Crippen LogP contribution in [0.15, 0.2) is 43.0 Å². The molecule has 2 aliphatic heterocycles. The summed E-state index contributed by atoms with van der Waals surface area (Å²) in [6.07, 6.45) is -2.42. The minimum Gasteiger partial charge on any atom is -0.459 e. The zero-order chi connectivity index (χ0) is 50.4. The van der Waals surface area contributed by atoms with E-state index >= 15 is 0 Å². The first-order valence-electron chi connectivity index (χ1n) is 22.8. The number of rotatable bonds is 16. The summed E-state index contributed by atoms with van der Waals surface area (Å²) in [6.45, 7) is 24.6. The predicted molar refractivity (Wildman–Crippen MR) is 247 cm³/mol. The van der Waals surface area contributed by atoms with Crippen LogP contribution in [0.1, 0.15) is 122 Å². The van der Waals surface area contributed by atoms with Gasteiger partial charge >= 0.3 is 30.2 Å². The molecule has 0 bridgehead atoms. The highest BCUT2D eigenvalue weighted by atomic mass is 16.8. The molecule has 68 heavy (non-hydrogen) atoms. The average molecular weight is 955 g/mol. The van der Waals surface area contributed by atoms with Gasteiger partial charge in [-0.2, -0.15) is 0 Å². The van der Waals surface area contributed by atoms with Crippen molar-refractivity contribution in [3.8, 4) is 0 Å². The predicted octanol–water partition coefficient (Wildman–Crippen LogP) is 6.54. The van der Waals surface area contributed by atoms with Crippen LogP contribution in [0.25, 0.3) is 11.2 Å². The maximum atomic E-state index is 13.8. The second-order valence-electron chi connectivity index (χ2n) is 21.2. The number of nitrogens with one attached hydrogen (secondary N) is 3. The topological polar surface area (TPSA) is 242 Å². The molecule has 2 aromatic heterocycles. The number of imidazole rings is 1. The molecule has 376 valence electrons. The molecule has 2 aliphatic rings. The minimum atomic E-state index is -1.17.